The normalized spacial score (nSPS) is 19.5. The molecule has 92 valence electrons. The van der Waals surface area contributed by atoms with Crippen molar-refractivity contribution in [2.45, 2.75) is 19.4 Å². The summed E-state index contributed by atoms with van der Waals surface area (Å²) in [6, 6.07) is 1.84. The van der Waals surface area contributed by atoms with Crippen LogP contribution in [0.5, 0.6) is 0 Å². The second-order valence-corrected chi connectivity index (χ2v) is 4.72. The van der Waals surface area contributed by atoms with Crippen LogP contribution in [0.1, 0.15) is 13.3 Å². The minimum atomic E-state index is -0.0196. The summed E-state index contributed by atoms with van der Waals surface area (Å²) < 4.78 is 0. The third-order valence-corrected chi connectivity index (χ3v) is 3.09. The molecule has 5 nitrogen and oxygen atoms in total. The van der Waals surface area contributed by atoms with Crippen LogP contribution in [0.3, 0.4) is 0 Å². The van der Waals surface area contributed by atoms with Gasteiger partial charge in [-0.3, -0.25) is 4.79 Å². The first-order valence-electron chi connectivity index (χ1n) is 5.27. The van der Waals surface area contributed by atoms with E-state index in [1.165, 1.54) is 6.92 Å². The molecule has 2 heterocycles. The lowest BCUT2D eigenvalue weighted by Crippen LogP contribution is -2.35. The molecular weight excluding hydrogens is 263 g/mol. The lowest BCUT2D eigenvalue weighted by atomic mass is 10.2. The molecule has 0 bridgehead atoms. The van der Waals surface area contributed by atoms with Crippen molar-refractivity contribution in [2.75, 3.05) is 18.0 Å². The Bertz CT molecular complexity index is 440. The minimum absolute atomic E-state index is 0.0196. The van der Waals surface area contributed by atoms with Crippen molar-refractivity contribution in [1.82, 2.24) is 15.5 Å². The summed E-state index contributed by atoms with van der Waals surface area (Å²) in [7, 11) is 0. The summed E-state index contributed by atoms with van der Waals surface area (Å²) >= 11 is 11.8. The van der Waals surface area contributed by atoms with Gasteiger partial charge in [0.2, 0.25) is 5.91 Å². The molecule has 0 aromatic carbocycles. The Kier molecular flexibility index (Phi) is 3.69. The van der Waals surface area contributed by atoms with Crippen molar-refractivity contribution in [1.29, 1.82) is 0 Å². The van der Waals surface area contributed by atoms with E-state index < -0.39 is 0 Å². The Hall–Kier alpha value is -1.07. The van der Waals surface area contributed by atoms with Crippen LogP contribution in [0.25, 0.3) is 0 Å². The molecule has 0 spiro atoms. The van der Waals surface area contributed by atoms with Crippen LogP contribution in [0.15, 0.2) is 6.07 Å². The molecule has 1 aliphatic rings. The molecule has 1 aromatic rings. The lowest BCUT2D eigenvalue weighted by Gasteiger charge is -2.19. The van der Waals surface area contributed by atoms with E-state index in [1.54, 1.807) is 6.07 Å². The van der Waals surface area contributed by atoms with Gasteiger partial charge in [0.25, 0.3) is 0 Å². The lowest BCUT2D eigenvalue weighted by molar-refractivity contribution is -0.119. The van der Waals surface area contributed by atoms with Gasteiger partial charge in [-0.25, -0.2) is 0 Å². The zero-order valence-electron chi connectivity index (χ0n) is 9.28. The molecule has 1 aliphatic heterocycles. The standard InChI is InChI=1S/C10H12Cl2N4O/c1-6(17)13-7-2-3-16(5-7)8-4-9(11)14-15-10(8)12/h4,7H,2-3,5H2,1H3,(H,13,17). The number of carbonyl (C=O) groups excluding carboxylic acids is 1. The third-order valence-electron chi connectivity index (χ3n) is 2.64. The largest absolute Gasteiger partial charge is 0.367 e. The SMILES string of the molecule is CC(=O)NC1CCN(c2cc(Cl)nnc2Cl)C1. The fourth-order valence-corrected chi connectivity index (χ4v) is 2.30. The van der Waals surface area contributed by atoms with Gasteiger partial charge in [-0.2, -0.15) is 0 Å². The smallest absolute Gasteiger partial charge is 0.217 e. The molecule has 1 unspecified atom stereocenters. The van der Waals surface area contributed by atoms with Gasteiger partial charge in [0.1, 0.15) is 0 Å². The Morgan fingerprint density at radius 2 is 2.29 bits per heavy atom. The van der Waals surface area contributed by atoms with E-state index in [0.717, 1.165) is 18.7 Å². The average Bonchev–Trinajstić information content (AvgIpc) is 2.69. The third kappa shape index (κ3) is 2.98. The predicted molar refractivity (Wildman–Crippen MR) is 66.5 cm³/mol. The maximum Gasteiger partial charge on any atom is 0.217 e. The fourth-order valence-electron chi connectivity index (χ4n) is 1.95. The van der Waals surface area contributed by atoms with Crippen molar-refractivity contribution in [2.24, 2.45) is 0 Å². The van der Waals surface area contributed by atoms with Crippen LogP contribution in [0, 0.1) is 0 Å². The van der Waals surface area contributed by atoms with E-state index in [2.05, 4.69) is 15.5 Å². The van der Waals surface area contributed by atoms with E-state index in [4.69, 9.17) is 23.2 Å². The molecule has 0 aliphatic carbocycles. The van der Waals surface area contributed by atoms with E-state index >= 15 is 0 Å². The van der Waals surface area contributed by atoms with Gasteiger partial charge in [0.05, 0.1) is 5.69 Å². The second kappa shape index (κ2) is 5.06. The molecule has 1 amide bonds. The minimum Gasteiger partial charge on any atom is -0.367 e. The molecular formula is C10H12Cl2N4O. The Labute approximate surface area is 109 Å². The van der Waals surface area contributed by atoms with Crippen molar-refractivity contribution in [3.8, 4) is 0 Å². The van der Waals surface area contributed by atoms with Crippen molar-refractivity contribution >= 4 is 34.8 Å². The number of nitrogens with one attached hydrogen (secondary N) is 1. The molecule has 2 rings (SSSR count). The molecule has 17 heavy (non-hydrogen) atoms. The summed E-state index contributed by atoms with van der Waals surface area (Å²) in [6.07, 6.45) is 0.885. The molecule has 1 aromatic heterocycles. The first kappa shape index (κ1) is 12.4. The summed E-state index contributed by atoms with van der Waals surface area (Å²) in [6.45, 7) is 3.04. The highest BCUT2D eigenvalue weighted by atomic mass is 35.5. The maximum atomic E-state index is 11.0. The molecule has 1 atom stereocenters. The summed E-state index contributed by atoms with van der Waals surface area (Å²) in [5.74, 6) is -0.0196. The van der Waals surface area contributed by atoms with Crippen molar-refractivity contribution < 1.29 is 4.79 Å². The van der Waals surface area contributed by atoms with Crippen LogP contribution in [0.2, 0.25) is 10.3 Å². The summed E-state index contributed by atoms with van der Waals surface area (Å²) in [5, 5.41) is 11.0. The van der Waals surface area contributed by atoms with Crippen LogP contribution < -0.4 is 10.2 Å². The zero-order chi connectivity index (χ0) is 12.4. The Balaban J connectivity index is 2.09. The number of hydrogen-bond donors (Lipinski definition) is 1. The van der Waals surface area contributed by atoms with Gasteiger partial charge in [0, 0.05) is 32.1 Å². The van der Waals surface area contributed by atoms with Gasteiger partial charge in [-0.05, 0) is 6.42 Å². The van der Waals surface area contributed by atoms with Gasteiger partial charge in [-0.1, -0.05) is 23.2 Å². The predicted octanol–water partition coefficient (Wildman–Crippen LogP) is 1.50. The van der Waals surface area contributed by atoms with Crippen LogP contribution in [-0.2, 0) is 4.79 Å². The van der Waals surface area contributed by atoms with Crippen LogP contribution in [0.4, 0.5) is 5.69 Å². The maximum absolute atomic E-state index is 11.0. The number of nitrogens with zero attached hydrogens (tertiary/aromatic N) is 3. The molecule has 0 saturated carbocycles. The number of carbonyl (C=O) groups is 1. The van der Waals surface area contributed by atoms with Gasteiger partial charge >= 0.3 is 0 Å². The summed E-state index contributed by atoms with van der Waals surface area (Å²) in [4.78, 5) is 13.0. The monoisotopic (exact) mass is 274 g/mol. The highest BCUT2D eigenvalue weighted by molar-refractivity contribution is 6.33. The quantitative estimate of drug-likeness (QED) is 0.888. The number of hydrogen-bond acceptors (Lipinski definition) is 4. The van der Waals surface area contributed by atoms with Gasteiger partial charge < -0.3 is 10.2 Å². The van der Waals surface area contributed by atoms with Crippen LogP contribution in [-0.4, -0.2) is 35.2 Å². The first-order valence-corrected chi connectivity index (χ1v) is 6.02. The Morgan fingerprint density at radius 3 is 3.00 bits per heavy atom. The highest BCUT2D eigenvalue weighted by Gasteiger charge is 2.25. The van der Waals surface area contributed by atoms with Gasteiger partial charge in [0.15, 0.2) is 10.3 Å². The second-order valence-electron chi connectivity index (χ2n) is 3.98. The van der Waals surface area contributed by atoms with E-state index in [0.29, 0.717) is 16.9 Å². The molecule has 7 heteroatoms. The number of amides is 1. The van der Waals surface area contributed by atoms with Crippen molar-refractivity contribution in [3.63, 3.8) is 0 Å². The molecule has 1 N–H and O–H groups in total. The highest BCUT2D eigenvalue weighted by Crippen LogP contribution is 2.28. The number of anilines is 1. The van der Waals surface area contributed by atoms with Crippen molar-refractivity contribution in [3.05, 3.63) is 16.4 Å². The number of aromatic nitrogens is 2. The fraction of sp³-hybridized carbons (Fsp3) is 0.500. The van der Waals surface area contributed by atoms with E-state index in [-0.39, 0.29) is 11.9 Å². The zero-order valence-corrected chi connectivity index (χ0v) is 10.8. The summed E-state index contributed by atoms with van der Waals surface area (Å²) in [5.41, 5.74) is 0.763. The number of rotatable bonds is 2. The van der Waals surface area contributed by atoms with Crippen LogP contribution >= 0.6 is 23.2 Å². The van der Waals surface area contributed by atoms with E-state index in [9.17, 15) is 4.79 Å². The average molecular weight is 275 g/mol. The molecule has 0 radical (unpaired) electrons. The molecule has 1 saturated heterocycles. The molecule has 1 fully saturated rings. The van der Waals surface area contributed by atoms with Gasteiger partial charge in [-0.15, -0.1) is 10.2 Å². The topological polar surface area (TPSA) is 58.1 Å². The van der Waals surface area contributed by atoms with E-state index in [1.807, 2.05) is 4.90 Å². The Morgan fingerprint density at radius 1 is 1.53 bits per heavy atom. The number of halogens is 2. The first-order chi connectivity index (χ1) is 8.06.